The number of amides is 1. The van der Waals surface area contributed by atoms with E-state index in [1.807, 2.05) is 31.2 Å². The lowest BCUT2D eigenvalue weighted by atomic mass is 9.53. The summed E-state index contributed by atoms with van der Waals surface area (Å²) in [5, 5.41) is 22.9. The highest BCUT2D eigenvalue weighted by Gasteiger charge is 2.59. The predicted octanol–water partition coefficient (Wildman–Crippen LogP) is 4.97. The molecule has 2 aromatic carbocycles. The lowest BCUT2D eigenvalue weighted by Gasteiger charge is -2.47. The smallest absolute Gasteiger partial charge is 0.255 e. The van der Waals surface area contributed by atoms with Gasteiger partial charge in [-0.15, -0.1) is 0 Å². The fraction of sp³-hybridized carbons (Fsp3) is 0.321. The SMILES string of the molecule is COC1=C(C(N)=O)C(=O)C2(C)C(=O)C3=C(O)c4c(O)c(-c5ccc(I)c(I)c5)cc(C)c4CC3CC2C1. The van der Waals surface area contributed by atoms with Crippen molar-refractivity contribution in [1.29, 1.82) is 0 Å². The number of aliphatic hydroxyl groups excluding tert-OH is 1. The molecule has 1 saturated carbocycles. The molecule has 0 aliphatic heterocycles. The molecule has 7 nitrogen and oxygen atoms in total. The largest absolute Gasteiger partial charge is 0.507 e. The van der Waals surface area contributed by atoms with Crippen molar-refractivity contribution >= 4 is 68.4 Å². The number of aromatic hydroxyl groups is 1. The molecule has 0 bridgehead atoms. The molecule has 1 fully saturated rings. The van der Waals surface area contributed by atoms with Crippen LogP contribution >= 0.6 is 45.2 Å². The number of aliphatic hydroxyl groups is 1. The molecule has 3 aliphatic rings. The second-order valence-electron chi connectivity index (χ2n) is 10.1. The van der Waals surface area contributed by atoms with Crippen LogP contribution in [0, 0.1) is 31.3 Å². The van der Waals surface area contributed by atoms with Gasteiger partial charge < -0.3 is 20.7 Å². The van der Waals surface area contributed by atoms with E-state index in [4.69, 9.17) is 10.5 Å². The molecule has 0 aromatic heterocycles. The standard InChI is InChI=1S/C28H25I2NO6/c1-11-6-16(12-4-5-17(29)18(30)9-12)23(32)21-15(11)8-13-7-14-10-19(37-3)22(27(31)36)26(35)28(14,2)25(34)20(13)24(21)33/h4-6,9,13-14,32-33H,7-8,10H2,1-3H3,(H2,31,36). The molecule has 4 N–H and O–H groups in total. The van der Waals surface area contributed by atoms with Gasteiger partial charge in [0.25, 0.3) is 5.91 Å². The number of Topliss-reactive ketones (excluding diaryl/α,β-unsaturated/α-hetero) is 2. The van der Waals surface area contributed by atoms with E-state index in [0.29, 0.717) is 18.4 Å². The van der Waals surface area contributed by atoms with Gasteiger partial charge in [0.05, 0.1) is 18.1 Å². The Bertz CT molecular complexity index is 1490. The summed E-state index contributed by atoms with van der Waals surface area (Å²) >= 11 is 4.47. The van der Waals surface area contributed by atoms with E-state index in [1.54, 1.807) is 0 Å². The van der Waals surface area contributed by atoms with E-state index in [-0.39, 0.29) is 46.3 Å². The monoisotopic (exact) mass is 725 g/mol. The molecule has 0 radical (unpaired) electrons. The molecule has 1 amide bonds. The van der Waals surface area contributed by atoms with Crippen LogP contribution in [0.25, 0.3) is 16.9 Å². The third-order valence-corrected chi connectivity index (χ3v) is 11.1. The molecular formula is C28H25I2NO6. The molecule has 3 unspecified atom stereocenters. The first-order chi connectivity index (χ1) is 17.4. The van der Waals surface area contributed by atoms with E-state index >= 15 is 0 Å². The topological polar surface area (TPSA) is 127 Å². The maximum atomic E-state index is 14.0. The number of primary amides is 1. The fourth-order valence-electron chi connectivity index (χ4n) is 6.19. The number of allylic oxidation sites excluding steroid dienone is 2. The zero-order valence-corrected chi connectivity index (χ0v) is 24.8. The van der Waals surface area contributed by atoms with E-state index in [9.17, 15) is 24.6 Å². The van der Waals surface area contributed by atoms with Crippen LogP contribution < -0.4 is 5.73 Å². The van der Waals surface area contributed by atoms with Gasteiger partial charge in [0.1, 0.15) is 22.8 Å². The molecule has 3 atom stereocenters. The average molecular weight is 725 g/mol. The number of ketones is 2. The lowest BCUT2D eigenvalue weighted by Crippen LogP contribution is -2.54. The van der Waals surface area contributed by atoms with Gasteiger partial charge in [-0.25, -0.2) is 0 Å². The first kappa shape index (κ1) is 26.2. The summed E-state index contributed by atoms with van der Waals surface area (Å²) in [5.41, 5.74) is 7.04. The first-order valence-electron chi connectivity index (χ1n) is 11.8. The van der Waals surface area contributed by atoms with Crippen LogP contribution in [0.3, 0.4) is 0 Å². The number of fused-ring (bicyclic) bond motifs is 3. The number of methoxy groups -OCH3 is 1. The Morgan fingerprint density at radius 2 is 1.81 bits per heavy atom. The van der Waals surface area contributed by atoms with Crippen LogP contribution in [-0.2, 0) is 25.5 Å². The third kappa shape index (κ3) is 3.75. The number of phenols is 1. The molecule has 37 heavy (non-hydrogen) atoms. The predicted molar refractivity (Wildman–Crippen MR) is 155 cm³/mol. The Balaban J connectivity index is 1.68. The number of halogens is 2. The Hall–Kier alpha value is -2.41. The molecule has 192 valence electrons. The van der Waals surface area contributed by atoms with Gasteiger partial charge >= 0.3 is 0 Å². The summed E-state index contributed by atoms with van der Waals surface area (Å²) < 4.78 is 7.44. The minimum absolute atomic E-state index is 0.101. The van der Waals surface area contributed by atoms with Crippen LogP contribution in [0.4, 0.5) is 0 Å². The van der Waals surface area contributed by atoms with Gasteiger partial charge in [-0.3, -0.25) is 14.4 Å². The molecule has 9 heteroatoms. The summed E-state index contributed by atoms with van der Waals surface area (Å²) in [6, 6.07) is 7.74. The highest BCUT2D eigenvalue weighted by Crippen LogP contribution is 2.56. The van der Waals surface area contributed by atoms with E-state index in [2.05, 4.69) is 45.2 Å². The molecule has 0 heterocycles. The van der Waals surface area contributed by atoms with Gasteiger partial charge in [0.2, 0.25) is 0 Å². The van der Waals surface area contributed by atoms with Crippen LogP contribution in [0.2, 0.25) is 0 Å². The minimum Gasteiger partial charge on any atom is -0.507 e. The zero-order valence-electron chi connectivity index (χ0n) is 20.4. The number of carbonyl (C=O) groups excluding carboxylic acids is 3. The molecule has 0 saturated heterocycles. The molecule has 3 aliphatic carbocycles. The lowest BCUT2D eigenvalue weighted by molar-refractivity contribution is -0.144. The van der Waals surface area contributed by atoms with E-state index < -0.39 is 28.8 Å². The Kier molecular flexibility index (Phi) is 6.45. The number of ether oxygens (including phenoxy) is 1. The van der Waals surface area contributed by atoms with Gasteiger partial charge in [-0.2, -0.15) is 0 Å². The fourth-order valence-corrected chi connectivity index (χ4v) is 7.04. The number of carbonyl (C=O) groups is 3. The van der Waals surface area contributed by atoms with Gasteiger partial charge in [-0.1, -0.05) is 6.07 Å². The zero-order chi connectivity index (χ0) is 27.0. The Labute approximate surface area is 241 Å². The molecule has 5 rings (SSSR count). The van der Waals surface area contributed by atoms with Crippen molar-refractivity contribution in [2.24, 2.45) is 23.0 Å². The van der Waals surface area contributed by atoms with E-state index in [1.165, 1.54) is 14.0 Å². The summed E-state index contributed by atoms with van der Waals surface area (Å²) in [4.78, 5) is 39.7. The molecular weight excluding hydrogens is 700 g/mol. The summed E-state index contributed by atoms with van der Waals surface area (Å²) in [6.45, 7) is 3.46. The van der Waals surface area contributed by atoms with Crippen LogP contribution in [0.15, 0.2) is 41.2 Å². The number of hydrogen-bond acceptors (Lipinski definition) is 6. The normalized spacial score (nSPS) is 25.0. The highest BCUT2D eigenvalue weighted by molar-refractivity contribution is 14.1. The minimum atomic E-state index is -1.56. The third-order valence-electron chi connectivity index (χ3n) is 8.22. The number of benzene rings is 2. The van der Waals surface area contributed by atoms with Crippen molar-refractivity contribution < 1.29 is 29.3 Å². The summed E-state index contributed by atoms with van der Waals surface area (Å²) in [5.74, 6) is -3.07. The Morgan fingerprint density at radius 1 is 1.11 bits per heavy atom. The molecule has 2 aromatic rings. The average Bonchev–Trinajstić information content (AvgIpc) is 2.84. The number of hydrogen-bond donors (Lipinski definition) is 3. The maximum absolute atomic E-state index is 14.0. The highest BCUT2D eigenvalue weighted by atomic mass is 127. The van der Waals surface area contributed by atoms with Crippen LogP contribution in [0.1, 0.15) is 36.5 Å². The second-order valence-corrected chi connectivity index (χ2v) is 12.4. The van der Waals surface area contributed by atoms with Crippen LogP contribution in [-0.4, -0.2) is 34.8 Å². The van der Waals surface area contributed by atoms with Crippen molar-refractivity contribution in [2.45, 2.75) is 33.1 Å². The Morgan fingerprint density at radius 3 is 2.43 bits per heavy atom. The number of phenolic OH excluding ortho intramolecular Hbond substituents is 1. The van der Waals surface area contributed by atoms with Gasteiger partial charge in [0, 0.05) is 24.7 Å². The van der Waals surface area contributed by atoms with Gasteiger partial charge in [-0.05, 0) is 119 Å². The van der Waals surface area contributed by atoms with Crippen molar-refractivity contribution in [3.63, 3.8) is 0 Å². The second kappa shape index (κ2) is 9.11. The summed E-state index contributed by atoms with van der Waals surface area (Å²) in [6.07, 6.45) is 1.12. The van der Waals surface area contributed by atoms with Crippen molar-refractivity contribution in [3.8, 4) is 16.9 Å². The number of aryl methyl sites for hydroxylation is 1. The van der Waals surface area contributed by atoms with Crippen LogP contribution in [0.5, 0.6) is 5.75 Å². The quantitative estimate of drug-likeness (QED) is 0.233. The molecule has 0 spiro atoms. The van der Waals surface area contributed by atoms with Crippen molar-refractivity contribution in [2.75, 3.05) is 7.11 Å². The number of nitrogens with two attached hydrogens (primary N) is 1. The summed E-state index contributed by atoms with van der Waals surface area (Å²) in [7, 11) is 1.38. The first-order valence-corrected chi connectivity index (χ1v) is 14.0. The van der Waals surface area contributed by atoms with E-state index in [0.717, 1.165) is 23.8 Å². The van der Waals surface area contributed by atoms with Gasteiger partial charge in [0.15, 0.2) is 11.6 Å². The van der Waals surface area contributed by atoms with Crippen molar-refractivity contribution in [1.82, 2.24) is 0 Å². The maximum Gasteiger partial charge on any atom is 0.255 e. The van der Waals surface area contributed by atoms with Crippen molar-refractivity contribution in [3.05, 3.63) is 65.0 Å². The number of rotatable bonds is 3.